The summed E-state index contributed by atoms with van der Waals surface area (Å²) in [6.45, 7) is 2.10. The average molecular weight is 391 g/mol. The molecule has 0 aromatic carbocycles. The second kappa shape index (κ2) is 8.25. The van der Waals surface area contributed by atoms with E-state index in [4.69, 9.17) is 0 Å². The fraction of sp³-hybridized carbons (Fsp3) is 0.500. The van der Waals surface area contributed by atoms with Crippen LogP contribution in [0.1, 0.15) is 56.9 Å². The maximum atomic E-state index is 12.6. The molecule has 2 N–H and O–H groups in total. The summed E-state index contributed by atoms with van der Waals surface area (Å²) in [6, 6.07) is 4.10. The Morgan fingerprint density at radius 3 is 3.10 bits per heavy atom. The number of carbonyl (C=O) groups is 1. The highest BCUT2D eigenvalue weighted by atomic mass is 16.1. The number of pyridine rings is 1. The van der Waals surface area contributed by atoms with E-state index in [1.54, 1.807) is 0 Å². The van der Waals surface area contributed by atoms with Gasteiger partial charge < -0.3 is 0 Å². The summed E-state index contributed by atoms with van der Waals surface area (Å²) >= 11 is 0. The number of Topliss-reactive ketones (excluding diaryl/α,β-unsaturated/α-hetero) is 1. The number of fused-ring (bicyclic) bond motifs is 5. The van der Waals surface area contributed by atoms with Gasteiger partial charge in [0.1, 0.15) is 5.82 Å². The number of aromatic nitrogens is 1. The summed E-state index contributed by atoms with van der Waals surface area (Å²) in [5.41, 5.74) is 11.4. The van der Waals surface area contributed by atoms with Crippen LogP contribution in [-0.4, -0.2) is 28.9 Å². The van der Waals surface area contributed by atoms with Crippen LogP contribution in [0.4, 0.5) is 5.82 Å². The van der Waals surface area contributed by atoms with Crippen LogP contribution >= 0.6 is 0 Å². The largest absolute Gasteiger partial charge is 0.294 e. The van der Waals surface area contributed by atoms with Crippen molar-refractivity contribution < 1.29 is 4.79 Å². The molecule has 0 amide bonds. The highest BCUT2D eigenvalue weighted by Crippen LogP contribution is 2.44. The lowest BCUT2D eigenvalue weighted by Crippen LogP contribution is -2.47. The second-order valence-electron chi connectivity index (χ2n) is 8.82. The van der Waals surface area contributed by atoms with Crippen molar-refractivity contribution >= 4 is 17.2 Å². The predicted molar refractivity (Wildman–Crippen MR) is 116 cm³/mol. The van der Waals surface area contributed by atoms with Gasteiger partial charge in [-0.3, -0.25) is 10.2 Å². The topological polar surface area (TPSA) is 57.3 Å². The van der Waals surface area contributed by atoms with E-state index < -0.39 is 0 Å². The minimum atomic E-state index is 0.316. The molecular formula is C24H30N4O. The van der Waals surface area contributed by atoms with Gasteiger partial charge >= 0.3 is 0 Å². The van der Waals surface area contributed by atoms with Gasteiger partial charge in [-0.05, 0) is 80.6 Å². The summed E-state index contributed by atoms with van der Waals surface area (Å²) in [5.74, 6) is 2.39. The molecule has 152 valence electrons. The van der Waals surface area contributed by atoms with Crippen molar-refractivity contribution in [1.29, 1.82) is 0 Å². The molecular weight excluding hydrogens is 360 g/mol. The fourth-order valence-corrected chi connectivity index (χ4v) is 5.31. The van der Waals surface area contributed by atoms with Crippen LogP contribution in [-0.2, 0) is 4.79 Å². The van der Waals surface area contributed by atoms with E-state index in [2.05, 4.69) is 45.2 Å². The lowest BCUT2D eigenvalue weighted by Gasteiger charge is -2.33. The highest BCUT2D eigenvalue weighted by molar-refractivity contribution is 6.04. The first kappa shape index (κ1) is 18.8. The van der Waals surface area contributed by atoms with Crippen molar-refractivity contribution in [1.82, 2.24) is 15.5 Å². The molecule has 5 rings (SSSR count). The Kier molecular flexibility index (Phi) is 5.34. The molecule has 3 unspecified atom stereocenters. The molecule has 5 nitrogen and oxygen atoms in total. The number of hydrogen-bond donors (Lipinski definition) is 2. The van der Waals surface area contributed by atoms with Crippen LogP contribution in [0.5, 0.6) is 0 Å². The van der Waals surface area contributed by atoms with E-state index >= 15 is 0 Å². The van der Waals surface area contributed by atoms with E-state index in [-0.39, 0.29) is 0 Å². The normalized spacial score (nSPS) is 31.0. The van der Waals surface area contributed by atoms with Gasteiger partial charge in [0, 0.05) is 36.8 Å². The third-order valence-corrected chi connectivity index (χ3v) is 6.88. The van der Waals surface area contributed by atoms with E-state index in [0.717, 1.165) is 62.1 Å². The molecule has 3 atom stereocenters. The van der Waals surface area contributed by atoms with E-state index in [1.807, 2.05) is 12.3 Å². The summed E-state index contributed by atoms with van der Waals surface area (Å²) < 4.78 is 0. The Bertz CT molecular complexity index is 885. The Morgan fingerprint density at radius 1 is 1.17 bits per heavy atom. The number of nitrogens with one attached hydrogen (secondary N) is 2. The van der Waals surface area contributed by atoms with Crippen LogP contribution in [0.2, 0.25) is 0 Å². The van der Waals surface area contributed by atoms with Gasteiger partial charge in [-0.1, -0.05) is 17.7 Å². The molecule has 3 heterocycles. The average Bonchev–Trinajstić information content (AvgIpc) is 3.20. The number of hydrogen-bond acceptors (Lipinski definition) is 5. The van der Waals surface area contributed by atoms with Crippen LogP contribution < -0.4 is 11.0 Å². The Morgan fingerprint density at radius 2 is 2.14 bits per heavy atom. The molecule has 2 aliphatic carbocycles. The monoisotopic (exact) mass is 390 g/mol. The summed E-state index contributed by atoms with van der Waals surface area (Å²) in [6.07, 6.45) is 17.2. The maximum absolute atomic E-state index is 12.6. The number of rotatable bonds is 0. The van der Waals surface area contributed by atoms with Crippen molar-refractivity contribution in [3.05, 3.63) is 53.3 Å². The maximum Gasteiger partial charge on any atom is 0.162 e. The number of piperidine rings is 1. The van der Waals surface area contributed by atoms with Crippen LogP contribution in [0.15, 0.2) is 47.7 Å². The molecule has 0 spiro atoms. The smallest absolute Gasteiger partial charge is 0.162 e. The van der Waals surface area contributed by atoms with Crippen molar-refractivity contribution in [2.75, 3.05) is 18.5 Å². The first-order chi connectivity index (χ1) is 14.3. The third-order valence-electron chi connectivity index (χ3n) is 6.88. The number of carbonyl (C=O) groups excluding carboxylic acids is 1. The molecule has 1 aromatic heterocycles. The van der Waals surface area contributed by atoms with Crippen molar-refractivity contribution in [2.24, 2.45) is 11.8 Å². The lowest BCUT2D eigenvalue weighted by molar-refractivity contribution is -0.116. The highest BCUT2D eigenvalue weighted by Gasteiger charge is 2.32. The molecule has 5 heteroatoms. The van der Waals surface area contributed by atoms with Gasteiger partial charge in [-0.25, -0.2) is 9.99 Å². The zero-order valence-electron chi connectivity index (χ0n) is 17.0. The zero-order valence-corrected chi connectivity index (χ0v) is 17.0. The first-order valence-electron chi connectivity index (χ1n) is 11.1. The van der Waals surface area contributed by atoms with Gasteiger partial charge in [-0.2, -0.15) is 5.53 Å². The summed E-state index contributed by atoms with van der Waals surface area (Å²) in [4.78, 5) is 17.2. The van der Waals surface area contributed by atoms with Crippen LogP contribution in [0.3, 0.4) is 0 Å². The van der Waals surface area contributed by atoms with Gasteiger partial charge in [0.05, 0.1) is 0 Å². The molecule has 29 heavy (non-hydrogen) atoms. The van der Waals surface area contributed by atoms with Crippen molar-refractivity contribution in [3.63, 3.8) is 0 Å². The number of nitrogens with zero attached hydrogens (tertiary/aromatic N) is 2. The summed E-state index contributed by atoms with van der Waals surface area (Å²) in [7, 11) is 0. The van der Waals surface area contributed by atoms with Gasteiger partial charge in [-0.15, -0.1) is 0 Å². The molecule has 4 bridgehead atoms. The lowest BCUT2D eigenvalue weighted by atomic mass is 9.80. The molecule has 0 radical (unpaired) electrons. The first-order valence-corrected chi connectivity index (χ1v) is 11.1. The number of allylic oxidation sites excluding steroid dienone is 6. The standard InChI is InChI=1S/C24H30N4O/c29-23-11-10-18-8-3-1-2-6-17-7-5-13-28(16-17)27-26-24-20(9-4-12-25-24)19-14-21(18)22(23)15-19/h1-2,4,9,12,15,17-18,27H,3,5-8,10-11,13-14,16H2,(H,25,26)/b2-1-. The summed E-state index contributed by atoms with van der Waals surface area (Å²) in [5, 5.41) is 2.28. The van der Waals surface area contributed by atoms with Crippen molar-refractivity contribution in [3.8, 4) is 0 Å². The minimum absolute atomic E-state index is 0.316. The van der Waals surface area contributed by atoms with Crippen molar-refractivity contribution in [2.45, 2.75) is 51.4 Å². The third kappa shape index (κ3) is 3.94. The van der Waals surface area contributed by atoms with Gasteiger partial charge in [0.2, 0.25) is 0 Å². The van der Waals surface area contributed by atoms with E-state index in [9.17, 15) is 4.79 Å². The molecule has 1 aromatic rings. The molecule has 1 saturated heterocycles. The van der Waals surface area contributed by atoms with Gasteiger partial charge in [0.25, 0.3) is 0 Å². The van der Waals surface area contributed by atoms with Crippen LogP contribution in [0.25, 0.3) is 5.57 Å². The number of ketones is 1. The zero-order chi connectivity index (χ0) is 19.6. The molecule has 1 fully saturated rings. The fourth-order valence-electron chi connectivity index (χ4n) is 5.31. The quantitative estimate of drug-likeness (QED) is 0.642. The second-order valence-corrected chi connectivity index (χ2v) is 8.82. The van der Waals surface area contributed by atoms with E-state index in [0.29, 0.717) is 24.0 Å². The molecule has 2 aliphatic heterocycles. The SMILES string of the molecule is O=C1CCC2CC/C=C\CC3CCCN(C3)NNc3ncccc3C3=CC1=C2C3. The predicted octanol–water partition coefficient (Wildman–Crippen LogP) is 4.43. The Labute approximate surface area is 172 Å². The minimum Gasteiger partial charge on any atom is -0.294 e. The van der Waals surface area contributed by atoms with E-state index in [1.165, 1.54) is 24.0 Å². The Balaban J connectivity index is 1.46. The number of anilines is 1. The van der Waals surface area contributed by atoms with Crippen LogP contribution in [0, 0.1) is 11.8 Å². The molecule has 0 saturated carbocycles. The Hall–Kier alpha value is -2.24. The molecule has 4 aliphatic rings. The van der Waals surface area contributed by atoms with Gasteiger partial charge in [0.15, 0.2) is 5.78 Å². The number of hydrazine groups is 2.